The highest BCUT2D eigenvalue weighted by molar-refractivity contribution is 7.80. The molecular formula is C31H30N4O4S. The molecule has 2 atom stereocenters. The number of rotatable bonds is 8. The average Bonchev–Trinajstić information content (AvgIpc) is 3.58. The summed E-state index contributed by atoms with van der Waals surface area (Å²) in [5.74, 6) is 0.844. The normalized spacial score (nSPS) is 16.5. The zero-order valence-corrected chi connectivity index (χ0v) is 23.3. The number of methoxy groups -OCH3 is 1. The second kappa shape index (κ2) is 11.7. The van der Waals surface area contributed by atoms with Crippen LogP contribution in [0.4, 0.5) is 5.69 Å². The van der Waals surface area contributed by atoms with E-state index >= 15 is 0 Å². The molecule has 2 aromatic carbocycles. The number of ether oxygens (including phenoxy) is 1. The van der Waals surface area contributed by atoms with Crippen molar-refractivity contribution in [3.05, 3.63) is 107 Å². The van der Waals surface area contributed by atoms with Crippen molar-refractivity contribution in [2.24, 2.45) is 0 Å². The number of pyridine rings is 1. The van der Waals surface area contributed by atoms with Gasteiger partial charge in [0.1, 0.15) is 17.6 Å². The smallest absolute Gasteiger partial charge is 0.337 e. The molecule has 8 nitrogen and oxygen atoms in total. The van der Waals surface area contributed by atoms with E-state index in [2.05, 4.69) is 15.6 Å². The van der Waals surface area contributed by atoms with Gasteiger partial charge < -0.3 is 24.7 Å². The lowest BCUT2D eigenvalue weighted by Gasteiger charge is -2.26. The lowest BCUT2D eigenvalue weighted by atomic mass is 10.0. The largest absolute Gasteiger partial charge is 0.465 e. The number of carbonyl (C=O) groups is 2. The van der Waals surface area contributed by atoms with Gasteiger partial charge in [-0.1, -0.05) is 30.3 Å². The molecule has 0 saturated carbocycles. The van der Waals surface area contributed by atoms with Crippen LogP contribution in [0.3, 0.4) is 0 Å². The number of esters is 1. The lowest BCUT2D eigenvalue weighted by molar-refractivity contribution is -0.116. The minimum absolute atomic E-state index is 0.0950. The van der Waals surface area contributed by atoms with Gasteiger partial charge in [-0.3, -0.25) is 9.78 Å². The topological polar surface area (TPSA) is 96.7 Å². The fraction of sp³-hybridized carbons (Fsp3) is 0.226. The number of nitrogens with one attached hydrogen (secondary N) is 2. The average molecular weight is 555 g/mol. The fourth-order valence-corrected chi connectivity index (χ4v) is 5.15. The van der Waals surface area contributed by atoms with Crippen LogP contribution in [0.1, 0.15) is 51.4 Å². The molecule has 4 aromatic rings. The summed E-state index contributed by atoms with van der Waals surface area (Å²) in [4.78, 5) is 31.3. The third-order valence-corrected chi connectivity index (χ3v) is 7.31. The third-order valence-electron chi connectivity index (χ3n) is 6.95. The van der Waals surface area contributed by atoms with Crippen LogP contribution in [0.15, 0.2) is 83.4 Å². The zero-order chi connectivity index (χ0) is 28.2. The number of furan rings is 1. The Hall–Kier alpha value is -4.50. The maximum absolute atomic E-state index is 13.0. The van der Waals surface area contributed by atoms with Gasteiger partial charge in [-0.25, -0.2) is 4.79 Å². The first-order valence-electron chi connectivity index (χ1n) is 13.0. The number of aryl methyl sites for hydroxylation is 2. The van der Waals surface area contributed by atoms with E-state index in [0.717, 1.165) is 28.1 Å². The van der Waals surface area contributed by atoms with Crippen LogP contribution in [-0.2, 0) is 9.53 Å². The van der Waals surface area contributed by atoms with E-state index in [0.29, 0.717) is 28.7 Å². The SMILES string of the molecule is COC(=O)c1ccc(-c2ccc(C3C(c4ccccn4)NC(=S)N3CCC(=O)Nc3cc(C)ccc3C)o2)cc1. The Kier molecular flexibility index (Phi) is 7.93. The van der Waals surface area contributed by atoms with Crippen molar-refractivity contribution in [3.8, 4) is 11.3 Å². The number of thiocarbonyl (C=S) groups is 1. The molecule has 2 N–H and O–H groups in total. The van der Waals surface area contributed by atoms with Crippen molar-refractivity contribution in [2.45, 2.75) is 32.4 Å². The van der Waals surface area contributed by atoms with E-state index in [4.69, 9.17) is 21.4 Å². The van der Waals surface area contributed by atoms with Crippen molar-refractivity contribution >= 4 is 34.9 Å². The molecule has 40 heavy (non-hydrogen) atoms. The predicted octanol–water partition coefficient (Wildman–Crippen LogP) is 5.75. The van der Waals surface area contributed by atoms with Crippen molar-refractivity contribution in [1.29, 1.82) is 0 Å². The van der Waals surface area contributed by atoms with Gasteiger partial charge in [0.05, 0.1) is 24.4 Å². The molecule has 2 aromatic heterocycles. The summed E-state index contributed by atoms with van der Waals surface area (Å²) < 4.78 is 11.1. The van der Waals surface area contributed by atoms with Crippen molar-refractivity contribution in [2.75, 3.05) is 19.0 Å². The van der Waals surface area contributed by atoms with Crippen LogP contribution in [0.5, 0.6) is 0 Å². The van der Waals surface area contributed by atoms with Gasteiger partial charge in [0, 0.05) is 30.4 Å². The maximum Gasteiger partial charge on any atom is 0.337 e. The second-order valence-corrected chi connectivity index (χ2v) is 10.1. The molecule has 1 saturated heterocycles. The molecule has 1 aliphatic rings. The molecule has 1 fully saturated rings. The number of anilines is 1. The Labute approximate surface area is 238 Å². The first-order chi connectivity index (χ1) is 19.3. The van der Waals surface area contributed by atoms with Crippen LogP contribution in [-0.4, -0.2) is 40.5 Å². The van der Waals surface area contributed by atoms with E-state index < -0.39 is 5.97 Å². The number of amides is 1. The molecule has 0 spiro atoms. The Balaban J connectivity index is 1.39. The quantitative estimate of drug-likeness (QED) is 0.210. The number of aromatic nitrogens is 1. The first kappa shape index (κ1) is 27.1. The van der Waals surface area contributed by atoms with Crippen LogP contribution in [0.25, 0.3) is 11.3 Å². The van der Waals surface area contributed by atoms with Crippen LogP contribution < -0.4 is 10.6 Å². The molecule has 3 heterocycles. The standard InChI is InChI=1S/C31H30N4O4S/c1-19-7-8-20(2)24(18-19)33-27(36)15-17-35-29(28(34-31(35)40)23-6-4-5-16-32-23)26-14-13-25(39-26)21-9-11-22(12-10-21)30(37)38-3/h4-14,16,18,28-29H,15,17H2,1-3H3,(H,33,36)(H,34,40). The Morgan fingerprint density at radius 3 is 2.60 bits per heavy atom. The maximum atomic E-state index is 13.0. The van der Waals surface area contributed by atoms with E-state index in [-0.39, 0.29) is 24.4 Å². The Bertz CT molecular complexity index is 1530. The molecule has 0 radical (unpaired) electrons. The lowest BCUT2D eigenvalue weighted by Crippen LogP contribution is -2.32. The van der Waals surface area contributed by atoms with E-state index in [1.165, 1.54) is 7.11 Å². The highest BCUT2D eigenvalue weighted by Crippen LogP contribution is 2.40. The summed E-state index contributed by atoms with van der Waals surface area (Å²) in [6, 6.07) is 22.0. The number of hydrogen-bond donors (Lipinski definition) is 2. The first-order valence-corrected chi connectivity index (χ1v) is 13.4. The second-order valence-electron chi connectivity index (χ2n) is 9.71. The van der Waals surface area contributed by atoms with E-state index in [9.17, 15) is 9.59 Å². The predicted molar refractivity (Wildman–Crippen MR) is 157 cm³/mol. The third kappa shape index (κ3) is 5.74. The Morgan fingerprint density at radius 1 is 1.07 bits per heavy atom. The van der Waals surface area contributed by atoms with Crippen LogP contribution in [0.2, 0.25) is 0 Å². The molecule has 0 aliphatic carbocycles. The van der Waals surface area contributed by atoms with Gasteiger partial charge in [0.2, 0.25) is 5.91 Å². The molecule has 9 heteroatoms. The van der Waals surface area contributed by atoms with Gasteiger partial charge >= 0.3 is 5.97 Å². The summed E-state index contributed by atoms with van der Waals surface area (Å²) in [7, 11) is 1.35. The fourth-order valence-electron chi connectivity index (χ4n) is 4.82. The van der Waals surface area contributed by atoms with Gasteiger partial charge in [-0.05, 0) is 79.7 Å². The number of carbonyl (C=O) groups excluding carboxylic acids is 2. The monoisotopic (exact) mass is 554 g/mol. The molecular weight excluding hydrogens is 524 g/mol. The summed E-state index contributed by atoms with van der Waals surface area (Å²) in [5.41, 5.74) is 5.00. The van der Waals surface area contributed by atoms with Gasteiger partial charge in [0.25, 0.3) is 0 Å². The molecule has 2 unspecified atom stereocenters. The van der Waals surface area contributed by atoms with Crippen LogP contribution in [0, 0.1) is 13.8 Å². The molecule has 1 aliphatic heterocycles. The van der Waals surface area contributed by atoms with Crippen molar-refractivity contribution in [3.63, 3.8) is 0 Å². The van der Waals surface area contributed by atoms with Gasteiger partial charge in [-0.15, -0.1) is 0 Å². The summed E-state index contributed by atoms with van der Waals surface area (Å²) in [5, 5.41) is 6.95. The minimum atomic E-state index is -0.396. The zero-order valence-electron chi connectivity index (χ0n) is 22.5. The highest BCUT2D eigenvalue weighted by atomic mass is 32.1. The van der Waals surface area contributed by atoms with Gasteiger partial charge in [0.15, 0.2) is 5.11 Å². The Morgan fingerprint density at radius 2 is 1.88 bits per heavy atom. The van der Waals surface area contributed by atoms with E-state index in [1.807, 2.05) is 79.4 Å². The molecule has 204 valence electrons. The van der Waals surface area contributed by atoms with Crippen LogP contribution >= 0.6 is 12.2 Å². The van der Waals surface area contributed by atoms with Gasteiger partial charge in [-0.2, -0.15) is 0 Å². The van der Waals surface area contributed by atoms with Crippen molar-refractivity contribution in [1.82, 2.24) is 15.2 Å². The summed E-state index contributed by atoms with van der Waals surface area (Å²) in [6.07, 6.45) is 1.98. The number of benzene rings is 2. The molecule has 1 amide bonds. The number of hydrogen-bond acceptors (Lipinski definition) is 6. The molecule has 5 rings (SSSR count). The summed E-state index contributed by atoms with van der Waals surface area (Å²) >= 11 is 5.73. The highest BCUT2D eigenvalue weighted by Gasteiger charge is 2.41. The van der Waals surface area contributed by atoms with E-state index in [1.54, 1.807) is 18.3 Å². The summed E-state index contributed by atoms with van der Waals surface area (Å²) in [6.45, 7) is 4.36. The number of nitrogens with zero attached hydrogens (tertiary/aromatic N) is 2. The molecule has 0 bridgehead atoms. The van der Waals surface area contributed by atoms with Crippen molar-refractivity contribution < 1.29 is 18.7 Å². The minimum Gasteiger partial charge on any atom is -0.465 e.